The number of benzene rings is 1. The van der Waals surface area contributed by atoms with Crippen LogP contribution in [0, 0.1) is 5.82 Å². The highest BCUT2D eigenvalue weighted by molar-refractivity contribution is 5.99. The summed E-state index contributed by atoms with van der Waals surface area (Å²) in [5, 5.41) is 12.7. The number of anilines is 2. The predicted octanol–water partition coefficient (Wildman–Crippen LogP) is 3.01. The van der Waals surface area contributed by atoms with Crippen molar-refractivity contribution in [2.24, 2.45) is 0 Å². The molecule has 2 rings (SSSR count). The van der Waals surface area contributed by atoms with Crippen LogP contribution >= 0.6 is 0 Å². The van der Waals surface area contributed by atoms with Gasteiger partial charge in [-0.1, -0.05) is 6.42 Å². The summed E-state index contributed by atoms with van der Waals surface area (Å²) in [6.07, 6.45) is 4.01. The molecule has 1 aromatic heterocycles. The van der Waals surface area contributed by atoms with E-state index < -0.39 is 5.97 Å². The molecule has 112 valence electrons. The summed E-state index contributed by atoms with van der Waals surface area (Å²) in [6, 6.07) is 4.55. The third-order valence-electron chi connectivity index (χ3n) is 3.27. The van der Waals surface area contributed by atoms with Gasteiger partial charge in [-0.15, -0.1) is 0 Å². The fourth-order valence-electron chi connectivity index (χ4n) is 2.20. The molecule has 4 N–H and O–H groups in total. The van der Waals surface area contributed by atoms with E-state index in [-0.39, 0.29) is 12.2 Å². The van der Waals surface area contributed by atoms with Gasteiger partial charge in [0, 0.05) is 30.2 Å². The molecule has 0 fully saturated rings. The molecule has 0 aliphatic carbocycles. The molecule has 0 unspecified atom stereocenters. The van der Waals surface area contributed by atoms with Crippen molar-refractivity contribution < 1.29 is 14.3 Å². The second kappa shape index (κ2) is 6.88. The Morgan fingerprint density at radius 2 is 2.10 bits per heavy atom. The highest BCUT2D eigenvalue weighted by atomic mass is 19.1. The fourth-order valence-corrected chi connectivity index (χ4v) is 2.20. The smallest absolute Gasteiger partial charge is 0.303 e. The third-order valence-corrected chi connectivity index (χ3v) is 3.27. The first-order valence-electron chi connectivity index (χ1n) is 6.88. The second-order valence-electron chi connectivity index (χ2n) is 4.85. The molecule has 0 atom stereocenters. The van der Waals surface area contributed by atoms with Crippen molar-refractivity contribution >= 4 is 28.2 Å². The zero-order valence-electron chi connectivity index (χ0n) is 11.6. The van der Waals surface area contributed by atoms with E-state index in [4.69, 9.17) is 10.8 Å². The third kappa shape index (κ3) is 3.81. The van der Waals surface area contributed by atoms with Crippen LogP contribution in [0.15, 0.2) is 24.4 Å². The number of nitrogens with two attached hydrogens (primary N) is 1. The van der Waals surface area contributed by atoms with Crippen molar-refractivity contribution in [3.63, 3.8) is 0 Å². The SMILES string of the molecule is Nc1ccc(F)c2c(NCCCCCC(=O)O)nccc12. The summed E-state index contributed by atoms with van der Waals surface area (Å²) in [4.78, 5) is 14.5. The van der Waals surface area contributed by atoms with Crippen molar-refractivity contribution in [1.29, 1.82) is 0 Å². The number of fused-ring (bicyclic) bond motifs is 1. The van der Waals surface area contributed by atoms with Gasteiger partial charge in [-0.3, -0.25) is 4.79 Å². The number of carboxylic acids is 1. The quantitative estimate of drug-likeness (QED) is 0.539. The van der Waals surface area contributed by atoms with Gasteiger partial charge >= 0.3 is 5.97 Å². The molecule has 0 radical (unpaired) electrons. The zero-order valence-corrected chi connectivity index (χ0v) is 11.6. The molecule has 5 nitrogen and oxygen atoms in total. The molecule has 0 aliphatic rings. The number of pyridine rings is 1. The van der Waals surface area contributed by atoms with Crippen LogP contribution in [0.3, 0.4) is 0 Å². The van der Waals surface area contributed by atoms with Crippen LogP contribution in [-0.4, -0.2) is 22.6 Å². The van der Waals surface area contributed by atoms with E-state index in [9.17, 15) is 9.18 Å². The van der Waals surface area contributed by atoms with Gasteiger partial charge in [-0.2, -0.15) is 0 Å². The molecule has 1 heterocycles. The Morgan fingerprint density at radius 1 is 1.29 bits per heavy atom. The lowest BCUT2D eigenvalue weighted by molar-refractivity contribution is -0.137. The summed E-state index contributed by atoms with van der Waals surface area (Å²) in [5.74, 6) is -0.674. The molecule has 0 spiro atoms. The van der Waals surface area contributed by atoms with Crippen molar-refractivity contribution in [3.05, 3.63) is 30.2 Å². The molecule has 0 aliphatic heterocycles. The van der Waals surface area contributed by atoms with E-state index >= 15 is 0 Å². The summed E-state index contributed by atoms with van der Waals surface area (Å²) in [7, 11) is 0. The molecular formula is C15H18FN3O2. The van der Waals surface area contributed by atoms with Gasteiger partial charge in [0.2, 0.25) is 0 Å². The summed E-state index contributed by atoms with van der Waals surface area (Å²) >= 11 is 0. The summed E-state index contributed by atoms with van der Waals surface area (Å²) < 4.78 is 13.9. The number of carbonyl (C=O) groups is 1. The van der Waals surface area contributed by atoms with Gasteiger partial charge in [0.05, 0.1) is 5.39 Å². The summed E-state index contributed by atoms with van der Waals surface area (Å²) in [6.45, 7) is 0.611. The van der Waals surface area contributed by atoms with Crippen LogP contribution < -0.4 is 11.1 Å². The normalized spacial score (nSPS) is 10.7. The highest BCUT2D eigenvalue weighted by Crippen LogP contribution is 2.28. The van der Waals surface area contributed by atoms with Crippen molar-refractivity contribution in [3.8, 4) is 0 Å². The van der Waals surface area contributed by atoms with Gasteiger partial charge in [-0.05, 0) is 31.0 Å². The average molecular weight is 291 g/mol. The fraction of sp³-hybridized carbons (Fsp3) is 0.333. The number of nitrogens with zero attached hydrogens (tertiary/aromatic N) is 1. The number of rotatable bonds is 7. The topological polar surface area (TPSA) is 88.2 Å². The Kier molecular flexibility index (Phi) is 4.92. The first kappa shape index (κ1) is 15.0. The monoisotopic (exact) mass is 291 g/mol. The van der Waals surface area contributed by atoms with Gasteiger partial charge in [0.15, 0.2) is 0 Å². The number of aliphatic carboxylic acids is 1. The number of hydrogen-bond acceptors (Lipinski definition) is 4. The Hall–Kier alpha value is -2.37. The minimum absolute atomic E-state index is 0.178. The van der Waals surface area contributed by atoms with Crippen molar-refractivity contribution in [2.75, 3.05) is 17.6 Å². The lowest BCUT2D eigenvalue weighted by Gasteiger charge is -2.10. The van der Waals surface area contributed by atoms with Crippen LogP contribution in [0.1, 0.15) is 25.7 Å². The maximum Gasteiger partial charge on any atom is 0.303 e. The Bertz CT molecular complexity index is 646. The number of aromatic nitrogens is 1. The molecule has 6 heteroatoms. The standard InChI is InChI=1S/C15H18FN3O2/c16-11-5-6-12(17)10-7-9-19-15(14(10)11)18-8-3-1-2-4-13(20)21/h5-7,9H,1-4,8,17H2,(H,18,19)(H,20,21). The zero-order chi connectivity index (χ0) is 15.2. The van der Waals surface area contributed by atoms with Crippen LogP contribution in [0.5, 0.6) is 0 Å². The largest absolute Gasteiger partial charge is 0.481 e. The van der Waals surface area contributed by atoms with Crippen molar-refractivity contribution in [1.82, 2.24) is 4.98 Å². The lowest BCUT2D eigenvalue weighted by atomic mass is 10.1. The second-order valence-corrected chi connectivity index (χ2v) is 4.85. The Balaban J connectivity index is 1.99. The predicted molar refractivity (Wildman–Crippen MR) is 80.7 cm³/mol. The van der Waals surface area contributed by atoms with Crippen LogP contribution in [0.4, 0.5) is 15.9 Å². The number of nitrogen functional groups attached to an aromatic ring is 1. The van der Waals surface area contributed by atoms with E-state index in [0.29, 0.717) is 35.2 Å². The van der Waals surface area contributed by atoms with E-state index in [1.54, 1.807) is 12.3 Å². The molecule has 21 heavy (non-hydrogen) atoms. The van der Waals surface area contributed by atoms with E-state index in [1.807, 2.05) is 0 Å². The highest BCUT2D eigenvalue weighted by Gasteiger charge is 2.09. The van der Waals surface area contributed by atoms with Crippen molar-refractivity contribution in [2.45, 2.75) is 25.7 Å². The number of hydrogen-bond donors (Lipinski definition) is 3. The van der Waals surface area contributed by atoms with Crippen LogP contribution in [0.25, 0.3) is 10.8 Å². The first-order chi connectivity index (χ1) is 10.1. The van der Waals surface area contributed by atoms with Crippen LogP contribution in [-0.2, 0) is 4.79 Å². The first-order valence-corrected chi connectivity index (χ1v) is 6.88. The summed E-state index contributed by atoms with van der Waals surface area (Å²) in [5.41, 5.74) is 6.35. The van der Waals surface area contributed by atoms with Crippen LogP contribution in [0.2, 0.25) is 0 Å². The Morgan fingerprint density at radius 3 is 2.86 bits per heavy atom. The number of halogens is 1. The van der Waals surface area contributed by atoms with Gasteiger partial charge in [-0.25, -0.2) is 9.37 Å². The maximum absolute atomic E-state index is 13.9. The number of carboxylic acid groups (broad SMARTS) is 1. The van der Waals surface area contributed by atoms with E-state index in [2.05, 4.69) is 10.3 Å². The Labute approximate surface area is 122 Å². The number of unbranched alkanes of at least 4 members (excludes halogenated alkanes) is 2. The maximum atomic E-state index is 13.9. The number of nitrogens with one attached hydrogen (secondary N) is 1. The molecule has 2 aromatic rings. The van der Waals surface area contributed by atoms with E-state index in [1.165, 1.54) is 12.1 Å². The minimum atomic E-state index is -0.781. The van der Waals surface area contributed by atoms with Gasteiger partial charge in [0.25, 0.3) is 0 Å². The molecule has 0 saturated carbocycles. The van der Waals surface area contributed by atoms with E-state index in [0.717, 1.165) is 12.8 Å². The minimum Gasteiger partial charge on any atom is -0.481 e. The molecule has 1 aromatic carbocycles. The average Bonchev–Trinajstić information content (AvgIpc) is 2.46. The molecular weight excluding hydrogens is 273 g/mol. The van der Waals surface area contributed by atoms with Gasteiger partial charge in [0.1, 0.15) is 11.6 Å². The van der Waals surface area contributed by atoms with Gasteiger partial charge < -0.3 is 16.2 Å². The molecule has 0 bridgehead atoms. The lowest BCUT2D eigenvalue weighted by Crippen LogP contribution is -2.05. The molecule has 0 saturated heterocycles. The molecule has 0 amide bonds.